The van der Waals surface area contributed by atoms with Crippen LogP contribution < -0.4 is 0 Å². The molecule has 0 radical (unpaired) electrons. The van der Waals surface area contributed by atoms with E-state index in [0.29, 0.717) is 5.92 Å². The molecule has 1 unspecified atom stereocenters. The smallest absolute Gasteiger partial charge is 0.163 e. The van der Waals surface area contributed by atoms with Gasteiger partial charge < -0.3 is 0 Å². The summed E-state index contributed by atoms with van der Waals surface area (Å²) in [6.07, 6.45) is 0. The van der Waals surface area contributed by atoms with Crippen molar-refractivity contribution >= 4 is 17.5 Å². The van der Waals surface area contributed by atoms with E-state index in [2.05, 4.69) is 29.4 Å². The molecular weight excluding hydrogens is 268 g/mol. The van der Waals surface area contributed by atoms with Crippen molar-refractivity contribution < 1.29 is 4.79 Å². The van der Waals surface area contributed by atoms with Crippen molar-refractivity contribution in [3.63, 3.8) is 0 Å². The quantitative estimate of drug-likeness (QED) is 0.809. The average Bonchev–Trinajstić information content (AvgIpc) is 2.93. The van der Waals surface area contributed by atoms with Crippen LogP contribution in [0.2, 0.25) is 0 Å². The standard InChI is InChI=1S/C16H18N2OS/c1-10-16(12(3)19)11(2)18(17-10)8-13-9-20-15-7-5-4-6-14(13)15/h4-7,13H,8-9H2,1-3H3. The van der Waals surface area contributed by atoms with Gasteiger partial charge >= 0.3 is 0 Å². The molecule has 20 heavy (non-hydrogen) atoms. The molecule has 0 saturated heterocycles. The second-order valence-corrected chi connectivity index (χ2v) is 6.39. The van der Waals surface area contributed by atoms with E-state index in [4.69, 9.17) is 0 Å². The largest absolute Gasteiger partial charge is 0.294 e. The molecule has 1 aromatic carbocycles. The Morgan fingerprint density at radius 2 is 2.15 bits per heavy atom. The topological polar surface area (TPSA) is 34.9 Å². The molecule has 1 aliphatic heterocycles. The highest BCUT2D eigenvalue weighted by Gasteiger charge is 2.25. The fourth-order valence-corrected chi connectivity index (χ4v) is 4.22. The van der Waals surface area contributed by atoms with Crippen LogP contribution in [0, 0.1) is 13.8 Å². The summed E-state index contributed by atoms with van der Waals surface area (Å²) in [6, 6.07) is 8.57. The number of rotatable bonds is 3. The monoisotopic (exact) mass is 286 g/mol. The predicted molar refractivity (Wildman–Crippen MR) is 81.6 cm³/mol. The second-order valence-electron chi connectivity index (χ2n) is 5.33. The molecule has 1 atom stereocenters. The van der Waals surface area contributed by atoms with Crippen molar-refractivity contribution in [2.24, 2.45) is 0 Å². The van der Waals surface area contributed by atoms with Crippen LogP contribution in [0.4, 0.5) is 0 Å². The molecule has 2 heterocycles. The van der Waals surface area contributed by atoms with Crippen molar-refractivity contribution in [2.45, 2.75) is 38.1 Å². The van der Waals surface area contributed by atoms with Crippen molar-refractivity contribution in [3.8, 4) is 0 Å². The highest BCUT2D eigenvalue weighted by molar-refractivity contribution is 7.99. The number of hydrogen-bond acceptors (Lipinski definition) is 3. The van der Waals surface area contributed by atoms with E-state index in [1.807, 2.05) is 30.3 Å². The Bertz CT molecular complexity index is 675. The first-order valence-corrected chi connectivity index (χ1v) is 7.83. The summed E-state index contributed by atoms with van der Waals surface area (Å²) in [5.74, 6) is 1.68. The molecule has 0 fully saturated rings. The van der Waals surface area contributed by atoms with Gasteiger partial charge in [0.05, 0.1) is 11.3 Å². The lowest BCUT2D eigenvalue weighted by Gasteiger charge is -2.12. The highest BCUT2D eigenvalue weighted by atomic mass is 32.2. The van der Waals surface area contributed by atoms with Crippen LogP contribution in [-0.4, -0.2) is 21.3 Å². The maximum Gasteiger partial charge on any atom is 0.163 e. The van der Waals surface area contributed by atoms with E-state index in [9.17, 15) is 4.79 Å². The third-order valence-electron chi connectivity index (χ3n) is 3.93. The Morgan fingerprint density at radius 1 is 1.40 bits per heavy atom. The number of aromatic nitrogens is 2. The number of carbonyl (C=O) groups is 1. The summed E-state index contributed by atoms with van der Waals surface area (Å²) >= 11 is 1.91. The zero-order chi connectivity index (χ0) is 14.3. The summed E-state index contributed by atoms with van der Waals surface area (Å²) in [6.45, 7) is 6.37. The Morgan fingerprint density at radius 3 is 2.85 bits per heavy atom. The van der Waals surface area contributed by atoms with Gasteiger partial charge in [-0.3, -0.25) is 9.48 Å². The second kappa shape index (κ2) is 5.09. The van der Waals surface area contributed by atoms with Crippen LogP contribution in [0.15, 0.2) is 29.2 Å². The minimum atomic E-state index is 0.104. The average molecular weight is 286 g/mol. The van der Waals surface area contributed by atoms with Gasteiger partial charge in [0.25, 0.3) is 0 Å². The van der Waals surface area contributed by atoms with Crippen molar-refractivity contribution in [3.05, 3.63) is 46.8 Å². The van der Waals surface area contributed by atoms with Gasteiger partial charge in [0.2, 0.25) is 0 Å². The van der Waals surface area contributed by atoms with Gasteiger partial charge in [0.1, 0.15) is 0 Å². The summed E-state index contributed by atoms with van der Waals surface area (Å²) in [5, 5.41) is 4.55. The summed E-state index contributed by atoms with van der Waals surface area (Å²) < 4.78 is 2.00. The first kappa shape index (κ1) is 13.4. The van der Waals surface area contributed by atoms with E-state index in [1.54, 1.807) is 6.92 Å². The van der Waals surface area contributed by atoms with E-state index >= 15 is 0 Å². The molecule has 1 aliphatic rings. The zero-order valence-corrected chi connectivity index (χ0v) is 12.8. The molecule has 104 valence electrons. The molecule has 0 spiro atoms. The maximum absolute atomic E-state index is 11.7. The van der Waals surface area contributed by atoms with Crippen LogP contribution in [-0.2, 0) is 6.54 Å². The number of thioether (sulfide) groups is 1. The fourth-order valence-electron chi connectivity index (χ4n) is 2.97. The SMILES string of the molecule is CC(=O)c1c(C)nn(CC2CSc3ccccc32)c1C. The van der Waals surface area contributed by atoms with Gasteiger partial charge in [-0.25, -0.2) is 0 Å². The van der Waals surface area contributed by atoms with Crippen LogP contribution in [0.5, 0.6) is 0 Å². The van der Waals surface area contributed by atoms with Gasteiger partial charge in [-0.15, -0.1) is 11.8 Å². The molecule has 0 amide bonds. The Labute approximate surface area is 123 Å². The molecular formula is C16H18N2OS. The minimum Gasteiger partial charge on any atom is -0.294 e. The lowest BCUT2D eigenvalue weighted by Crippen LogP contribution is -2.12. The van der Waals surface area contributed by atoms with E-state index < -0.39 is 0 Å². The van der Waals surface area contributed by atoms with Crippen molar-refractivity contribution in [1.29, 1.82) is 0 Å². The number of Topliss-reactive ketones (excluding diaryl/α,β-unsaturated/α-hetero) is 1. The van der Waals surface area contributed by atoms with Gasteiger partial charge in [0.15, 0.2) is 5.78 Å². The lowest BCUT2D eigenvalue weighted by atomic mass is 10.0. The van der Waals surface area contributed by atoms with E-state index in [1.165, 1.54) is 10.5 Å². The van der Waals surface area contributed by atoms with Crippen LogP contribution in [0.3, 0.4) is 0 Å². The number of nitrogens with zero attached hydrogens (tertiary/aromatic N) is 2. The number of hydrogen-bond donors (Lipinski definition) is 0. The number of aryl methyl sites for hydroxylation is 1. The first-order chi connectivity index (χ1) is 9.58. The van der Waals surface area contributed by atoms with Gasteiger partial charge in [-0.1, -0.05) is 18.2 Å². The first-order valence-electron chi connectivity index (χ1n) is 6.84. The highest BCUT2D eigenvalue weighted by Crippen LogP contribution is 2.40. The van der Waals surface area contributed by atoms with Crippen molar-refractivity contribution in [2.75, 3.05) is 5.75 Å². The minimum absolute atomic E-state index is 0.104. The molecule has 0 bridgehead atoms. The van der Waals surface area contributed by atoms with Crippen LogP contribution >= 0.6 is 11.8 Å². The number of ketones is 1. The summed E-state index contributed by atoms with van der Waals surface area (Å²) in [5.41, 5.74) is 4.02. The molecule has 1 aromatic heterocycles. The van der Waals surface area contributed by atoms with Gasteiger partial charge in [0, 0.05) is 28.8 Å². The summed E-state index contributed by atoms with van der Waals surface area (Å²) in [7, 11) is 0. The zero-order valence-electron chi connectivity index (χ0n) is 12.0. The molecule has 0 N–H and O–H groups in total. The maximum atomic E-state index is 11.7. The molecule has 0 aliphatic carbocycles. The van der Waals surface area contributed by atoms with E-state index in [0.717, 1.165) is 29.2 Å². The molecule has 4 heteroatoms. The molecule has 2 aromatic rings. The van der Waals surface area contributed by atoms with Crippen LogP contribution in [0.25, 0.3) is 0 Å². The predicted octanol–water partition coefficient (Wildman–Crippen LogP) is 3.59. The number of carbonyl (C=O) groups excluding carboxylic acids is 1. The Hall–Kier alpha value is -1.55. The fraction of sp³-hybridized carbons (Fsp3) is 0.375. The third-order valence-corrected chi connectivity index (χ3v) is 5.18. The van der Waals surface area contributed by atoms with Crippen LogP contribution in [0.1, 0.15) is 40.2 Å². The van der Waals surface area contributed by atoms with E-state index in [-0.39, 0.29) is 5.78 Å². The Kier molecular flexibility index (Phi) is 3.42. The van der Waals surface area contributed by atoms with Gasteiger partial charge in [-0.2, -0.15) is 5.10 Å². The molecule has 0 saturated carbocycles. The third kappa shape index (κ3) is 2.18. The van der Waals surface area contributed by atoms with Gasteiger partial charge in [-0.05, 0) is 32.4 Å². The normalized spacial score (nSPS) is 17.2. The lowest BCUT2D eigenvalue weighted by molar-refractivity contribution is 0.101. The Balaban J connectivity index is 1.90. The summed E-state index contributed by atoms with van der Waals surface area (Å²) in [4.78, 5) is 13.1. The van der Waals surface area contributed by atoms with Crippen molar-refractivity contribution in [1.82, 2.24) is 9.78 Å². The molecule has 3 nitrogen and oxygen atoms in total. The molecule has 3 rings (SSSR count). The number of fused-ring (bicyclic) bond motifs is 1. The number of benzene rings is 1.